The Bertz CT molecular complexity index is 389. The van der Waals surface area contributed by atoms with Crippen LogP contribution < -0.4 is 5.73 Å². The van der Waals surface area contributed by atoms with Crippen LogP contribution in [0.25, 0.3) is 0 Å². The fourth-order valence-corrected chi connectivity index (χ4v) is 1.54. The van der Waals surface area contributed by atoms with Crippen LogP contribution in [0.4, 0.5) is 0 Å². The van der Waals surface area contributed by atoms with Gasteiger partial charge in [-0.25, -0.2) is 0 Å². The number of phenols is 1. The molecule has 0 fully saturated rings. The minimum Gasteiger partial charge on any atom is -0.507 e. The predicted molar refractivity (Wildman–Crippen MR) is 63.5 cm³/mol. The lowest BCUT2D eigenvalue weighted by atomic mass is 10.1. The molecule has 16 heavy (non-hydrogen) atoms. The molecule has 0 aromatic heterocycles. The molecule has 0 spiro atoms. The summed E-state index contributed by atoms with van der Waals surface area (Å²) in [4.78, 5) is 13.4. The molecule has 1 amide bonds. The number of phenolic OH excluding ortho intramolecular Hbond substituents is 1. The van der Waals surface area contributed by atoms with Crippen molar-refractivity contribution in [2.75, 3.05) is 13.6 Å². The zero-order valence-electron chi connectivity index (χ0n) is 9.90. The summed E-state index contributed by atoms with van der Waals surface area (Å²) in [6.45, 7) is 4.16. The van der Waals surface area contributed by atoms with E-state index < -0.39 is 0 Å². The molecule has 3 N–H and O–H groups in total. The summed E-state index contributed by atoms with van der Waals surface area (Å²) in [5, 5.41) is 9.67. The van der Waals surface area contributed by atoms with Crippen LogP contribution in [-0.2, 0) is 0 Å². The van der Waals surface area contributed by atoms with Crippen LogP contribution in [0.5, 0.6) is 5.75 Å². The summed E-state index contributed by atoms with van der Waals surface area (Å²) in [6.07, 6.45) is 0. The van der Waals surface area contributed by atoms with E-state index in [1.165, 1.54) is 4.90 Å². The molecule has 0 aliphatic rings. The first-order chi connectivity index (χ1) is 7.41. The van der Waals surface area contributed by atoms with Crippen molar-refractivity contribution >= 4 is 5.91 Å². The zero-order chi connectivity index (χ0) is 12.3. The van der Waals surface area contributed by atoms with Gasteiger partial charge in [0.1, 0.15) is 5.75 Å². The summed E-state index contributed by atoms with van der Waals surface area (Å²) >= 11 is 0. The van der Waals surface area contributed by atoms with E-state index in [4.69, 9.17) is 5.73 Å². The average Bonchev–Trinajstić information content (AvgIpc) is 2.15. The number of nitrogens with zero attached hydrogens (tertiary/aromatic N) is 1. The van der Waals surface area contributed by atoms with Gasteiger partial charge in [0, 0.05) is 19.6 Å². The van der Waals surface area contributed by atoms with E-state index >= 15 is 0 Å². The van der Waals surface area contributed by atoms with Crippen molar-refractivity contribution in [2.24, 2.45) is 5.73 Å². The smallest absolute Gasteiger partial charge is 0.257 e. The zero-order valence-corrected chi connectivity index (χ0v) is 9.90. The van der Waals surface area contributed by atoms with Gasteiger partial charge in [0.2, 0.25) is 0 Å². The first-order valence-electron chi connectivity index (χ1n) is 5.22. The third kappa shape index (κ3) is 2.97. The molecule has 1 rings (SSSR count). The third-order valence-corrected chi connectivity index (χ3v) is 2.29. The van der Waals surface area contributed by atoms with Crippen molar-refractivity contribution in [1.82, 2.24) is 4.90 Å². The molecule has 0 aliphatic heterocycles. The second-order valence-electron chi connectivity index (χ2n) is 4.18. The number of carbonyl (C=O) groups is 1. The van der Waals surface area contributed by atoms with Gasteiger partial charge in [0.15, 0.2) is 0 Å². The van der Waals surface area contributed by atoms with Crippen LogP contribution in [0.15, 0.2) is 18.2 Å². The highest BCUT2D eigenvalue weighted by atomic mass is 16.3. The van der Waals surface area contributed by atoms with Gasteiger partial charge < -0.3 is 15.7 Å². The highest BCUT2D eigenvalue weighted by molar-refractivity contribution is 5.96. The van der Waals surface area contributed by atoms with Gasteiger partial charge in [-0.1, -0.05) is 6.07 Å². The molecule has 1 aromatic rings. The lowest BCUT2D eigenvalue weighted by Crippen LogP contribution is -2.36. The summed E-state index contributed by atoms with van der Waals surface area (Å²) in [5.74, 6) is -0.198. The largest absolute Gasteiger partial charge is 0.507 e. The topological polar surface area (TPSA) is 66.6 Å². The highest BCUT2D eigenvalue weighted by Crippen LogP contribution is 2.19. The van der Waals surface area contributed by atoms with E-state index in [0.29, 0.717) is 12.1 Å². The summed E-state index contributed by atoms with van der Waals surface area (Å²) in [5.41, 5.74) is 6.85. The standard InChI is InChI=1S/C12H18N2O2/c1-8-4-5-10(11(15)6-8)12(16)14(3)7-9(2)13/h4-6,9,15H,7,13H2,1-3H3. The lowest BCUT2D eigenvalue weighted by Gasteiger charge is -2.19. The number of rotatable bonds is 3. The van der Waals surface area contributed by atoms with Crippen molar-refractivity contribution < 1.29 is 9.90 Å². The molecule has 1 aromatic carbocycles. The van der Waals surface area contributed by atoms with Crippen LogP contribution >= 0.6 is 0 Å². The van der Waals surface area contributed by atoms with Crippen LogP contribution in [0, 0.1) is 6.92 Å². The number of likely N-dealkylation sites (N-methyl/N-ethyl adjacent to an activating group) is 1. The van der Waals surface area contributed by atoms with Crippen molar-refractivity contribution in [3.8, 4) is 5.75 Å². The van der Waals surface area contributed by atoms with Crippen molar-refractivity contribution in [1.29, 1.82) is 0 Å². The van der Waals surface area contributed by atoms with Crippen molar-refractivity contribution in [2.45, 2.75) is 19.9 Å². The highest BCUT2D eigenvalue weighted by Gasteiger charge is 2.16. The first-order valence-corrected chi connectivity index (χ1v) is 5.22. The maximum Gasteiger partial charge on any atom is 0.257 e. The van der Waals surface area contributed by atoms with Gasteiger partial charge in [-0.3, -0.25) is 4.79 Å². The molecule has 0 aliphatic carbocycles. The molecule has 4 nitrogen and oxygen atoms in total. The van der Waals surface area contributed by atoms with E-state index in [2.05, 4.69) is 0 Å². The van der Waals surface area contributed by atoms with Gasteiger partial charge in [-0.15, -0.1) is 0 Å². The fraction of sp³-hybridized carbons (Fsp3) is 0.417. The minimum absolute atomic E-state index is 0.0153. The fourth-order valence-electron chi connectivity index (χ4n) is 1.54. The Morgan fingerprint density at radius 1 is 1.56 bits per heavy atom. The van der Waals surface area contributed by atoms with Gasteiger partial charge in [0.05, 0.1) is 5.56 Å². The maximum atomic E-state index is 11.9. The molecular formula is C12H18N2O2. The summed E-state index contributed by atoms with van der Waals surface area (Å²) in [6, 6.07) is 4.92. The van der Waals surface area contributed by atoms with E-state index in [-0.39, 0.29) is 17.7 Å². The molecule has 4 heteroatoms. The number of nitrogens with two attached hydrogens (primary N) is 1. The van der Waals surface area contributed by atoms with E-state index in [9.17, 15) is 9.90 Å². The number of aromatic hydroxyl groups is 1. The molecular weight excluding hydrogens is 204 g/mol. The van der Waals surface area contributed by atoms with Crippen molar-refractivity contribution in [3.05, 3.63) is 29.3 Å². The molecule has 0 saturated heterocycles. The minimum atomic E-state index is -0.213. The van der Waals surface area contributed by atoms with Crippen LogP contribution in [0.3, 0.4) is 0 Å². The molecule has 0 heterocycles. The molecule has 1 atom stereocenters. The molecule has 1 unspecified atom stereocenters. The van der Waals surface area contributed by atoms with Crippen LogP contribution in [0.2, 0.25) is 0 Å². The monoisotopic (exact) mass is 222 g/mol. The number of benzene rings is 1. The Balaban J connectivity index is 2.88. The van der Waals surface area contributed by atoms with E-state index in [1.54, 1.807) is 25.2 Å². The van der Waals surface area contributed by atoms with Crippen LogP contribution in [0.1, 0.15) is 22.8 Å². The van der Waals surface area contributed by atoms with E-state index in [1.807, 2.05) is 13.8 Å². The quantitative estimate of drug-likeness (QED) is 0.805. The number of hydrogen-bond donors (Lipinski definition) is 2. The van der Waals surface area contributed by atoms with Gasteiger partial charge in [-0.05, 0) is 31.5 Å². The number of aryl methyl sites for hydroxylation is 1. The second-order valence-corrected chi connectivity index (χ2v) is 4.18. The molecule has 0 saturated carbocycles. The Kier molecular flexibility index (Phi) is 3.90. The average molecular weight is 222 g/mol. The van der Waals surface area contributed by atoms with E-state index in [0.717, 1.165) is 5.56 Å². The Hall–Kier alpha value is -1.55. The number of hydrogen-bond acceptors (Lipinski definition) is 3. The normalized spacial score (nSPS) is 12.2. The molecule has 0 radical (unpaired) electrons. The number of amides is 1. The third-order valence-electron chi connectivity index (χ3n) is 2.29. The molecule has 0 bridgehead atoms. The Morgan fingerprint density at radius 2 is 2.19 bits per heavy atom. The van der Waals surface area contributed by atoms with Gasteiger partial charge in [0.25, 0.3) is 5.91 Å². The lowest BCUT2D eigenvalue weighted by molar-refractivity contribution is 0.0786. The number of carbonyl (C=O) groups excluding carboxylic acids is 1. The van der Waals surface area contributed by atoms with Gasteiger partial charge in [-0.2, -0.15) is 0 Å². The van der Waals surface area contributed by atoms with Crippen molar-refractivity contribution in [3.63, 3.8) is 0 Å². The first kappa shape index (κ1) is 12.5. The maximum absolute atomic E-state index is 11.9. The van der Waals surface area contributed by atoms with Crippen LogP contribution in [-0.4, -0.2) is 35.5 Å². The summed E-state index contributed by atoms with van der Waals surface area (Å²) in [7, 11) is 1.67. The van der Waals surface area contributed by atoms with Gasteiger partial charge >= 0.3 is 0 Å². The second kappa shape index (κ2) is 4.99. The Labute approximate surface area is 95.7 Å². The SMILES string of the molecule is Cc1ccc(C(=O)N(C)CC(C)N)c(O)c1. The predicted octanol–water partition coefficient (Wildman–Crippen LogP) is 1.12. The Morgan fingerprint density at radius 3 is 2.69 bits per heavy atom. The summed E-state index contributed by atoms with van der Waals surface area (Å²) < 4.78 is 0. The molecule has 88 valence electrons.